The van der Waals surface area contributed by atoms with Crippen molar-refractivity contribution in [3.63, 3.8) is 0 Å². The predicted octanol–water partition coefficient (Wildman–Crippen LogP) is 4.72. The summed E-state index contributed by atoms with van der Waals surface area (Å²) in [4.78, 5) is 23.6. The van der Waals surface area contributed by atoms with Crippen LogP contribution >= 0.6 is 0 Å². The number of benzene rings is 3. The van der Waals surface area contributed by atoms with Crippen molar-refractivity contribution >= 4 is 34.4 Å². The zero-order valence-electron chi connectivity index (χ0n) is 14.0. The van der Waals surface area contributed by atoms with Gasteiger partial charge in [-0.2, -0.15) is 0 Å². The molecule has 0 bridgehead atoms. The summed E-state index contributed by atoms with van der Waals surface area (Å²) >= 11 is 0. The molecule has 26 heavy (non-hydrogen) atoms. The number of halogens is 1. The van der Waals surface area contributed by atoms with Crippen LogP contribution in [-0.4, -0.2) is 17.0 Å². The van der Waals surface area contributed by atoms with Gasteiger partial charge in [-0.05, 0) is 53.6 Å². The second-order valence-corrected chi connectivity index (χ2v) is 5.88. The lowest BCUT2D eigenvalue weighted by molar-refractivity contribution is -0.112. The van der Waals surface area contributed by atoms with E-state index in [9.17, 15) is 14.0 Å². The Morgan fingerprint density at radius 3 is 2.46 bits per heavy atom. The highest BCUT2D eigenvalue weighted by atomic mass is 19.1. The van der Waals surface area contributed by atoms with Gasteiger partial charge >= 0.3 is 5.97 Å². The standard InChI is InChI=1S/C21H16FNO3/c1-13(10-14-6-7-15-4-2-3-5-16(15)11-14)20(24)23-19-9-8-17(22)12-18(19)21(25)26/h2-12H,1H3,(H,23,24)(H,25,26)/b13-10+. The van der Waals surface area contributed by atoms with Crippen molar-refractivity contribution in [3.8, 4) is 0 Å². The number of nitrogens with one attached hydrogen (secondary N) is 1. The van der Waals surface area contributed by atoms with Crippen LogP contribution in [0.5, 0.6) is 0 Å². The molecular formula is C21H16FNO3. The van der Waals surface area contributed by atoms with E-state index < -0.39 is 17.7 Å². The Kier molecular flexibility index (Phi) is 4.80. The molecule has 0 fully saturated rings. The van der Waals surface area contributed by atoms with Crippen LogP contribution in [0.15, 0.2) is 66.2 Å². The van der Waals surface area contributed by atoms with Gasteiger partial charge in [0, 0.05) is 5.57 Å². The van der Waals surface area contributed by atoms with E-state index in [2.05, 4.69) is 5.32 Å². The zero-order valence-corrected chi connectivity index (χ0v) is 14.0. The Morgan fingerprint density at radius 1 is 1.00 bits per heavy atom. The van der Waals surface area contributed by atoms with Crippen LogP contribution in [0.3, 0.4) is 0 Å². The number of amides is 1. The third kappa shape index (κ3) is 3.78. The Balaban J connectivity index is 1.85. The normalized spacial score (nSPS) is 11.4. The number of carboxylic acids is 1. The van der Waals surface area contributed by atoms with Crippen molar-refractivity contribution in [2.24, 2.45) is 0 Å². The molecule has 2 N–H and O–H groups in total. The minimum absolute atomic E-state index is 0.0511. The first-order valence-electron chi connectivity index (χ1n) is 7.95. The molecule has 0 saturated heterocycles. The SMILES string of the molecule is C/C(=C\c1ccc2ccccc2c1)C(=O)Nc1ccc(F)cc1C(=O)O. The number of aromatic carboxylic acids is 1. The summed E-state index contributed by atoms with van der Waals surface area (Å²) in [5.74, 6) is -2.44. The van der Waals surface area contributed by atoms with Crippen molar-refractivity contribution in [1.82, 2.24) is 0 Å². The first-order valence-corrected chi connectivity index (χ1v) is 7.95. The van der Waals surface area contributed by atoms with Crippen LogP contribution < -0.4 is 5.32 Å². The van der Waals surface area contributed by atoms with Crippen LogP contribution in [0, 0.1) is 5.82 Å². The van der Waals surface area contributed by atoms with E-state index in [0.29, 0.717) is 5.57 Å². The largest absolute Gasteiger partial charge is 0.478 e. The topological polar surface area (TPSA) is 66.4 Å². The molecule has 5 heteroatoms. The molecule has 0 aromatic heterocycles. The van der Waals surface area contributed by atoms with E-state index in [1.807, 2.05) is 42.5 Å². The first kappa shape index (κ1) is 17.4. The third-order valence-electron chi connectivity index (χ3n) is 3.98. The smallest absolute Gasteiger partial charge is 0.337 e. The zero-order chi connectivity index (χ0) is 18.7. The van der Waals surface area contributed by atoms with Gasteiger partial charge in [-0.3, -0.25) is 4.79 Å². The van der Waals surface area contributed by atoms with E-state index in [1.165, 1.54) is 6.07 Å². The van der Waals surface area contributed by atoms with Crippen molar-refractivity contribution in [3.05, 3.63) is 83.2 Å². The summed E-state index contributed by atoms with van der Waals surface area (Å²) in [6.07, 6.45) is 1.71. The Bertz CT molecular complexity index is 1040. The van der Waals surface area contributed by atoms with Gasteiger partial charge in [0.2, 0.25) is 0 Å². The minimum atomic E-state index is -1.31. The fourth-order valence-corrected chi connectivity index (χ4v) is 2.64. The van der Waals surface area contributed by atoms with Gasteiger partial charge in [0.25, 0.3) is 5.91 Å². The van der Waals surface area contributed by atoms with Gasteiger partial charge in [0.05, 0.1) is 11.3 Å². The van der Waals surface area contributed by atoms with Gasteiger partial charge in [0.15, 0.2) is 0 Å². The maximum Gasteiger partial charge on any atom is 0.337 e. The van der Waals surface area contributed by atoms with Gasteiger partial charge in [-0.25, -0.2) is 9.18 Å². The van der Waals surface area contributed by atoms with Crippen LogP contribution in [0.4, 0.5) is 10.1 Å². The van der Waals surface area contributed by atoms with Crippen molar-refractivity contribution in [1.29, 1.82) is 0 Å². The molecule has 3 aromatic rings. The van der Waals surface area contributed by atoms with Crippen LogP contribution in [-0.2, 0) is 4.79 Å². The molecule has 130 valence electrons. The lowest BCUT2D eigenvalue weighted by Crippen LogP contribution is -2.15. The fourth-order valence-electron chi connectivity index (χ4n) is 2.64. The predicted molar refractivity (Wildman–Crippen MR) is 99.6 cm³/mol. The fraction of sp³-hybridized carbons (Fsp3) is 0.0476. The summed E-state index contributed by atoms with van der Waals surface area (Å²) < 4.78 is 13.2. The Labute approximate surface area is 149 Å². The lowest BCUT2D eigenvalue weighted by Gasteiger charge is -2.09. The number of hydrogen-bond donors (Lipinski definition) is 2. The third-order valence-corrected chi connectivity index (χ3v) is 3.98. The van der Waals surface area contributed by atoms with E-state index in [-0.39, 0.29) is 11.3 Å². The van der Waals surface area contributed by atoms with Crippen molar-refractivity contribution in [2.75, 3.05) is 5.32 Å². The highest BCUT2D eigenvalue weighted by Gasteiger charge is 2.14. The van der Waals surface area contributed by atoms with Gasteiger partial charge in [0.1, 0.15) is 5.82 Å². The number of carbonyl (C=O) groups excluding carboxylic acids is 1. The van der Waals surface area contributed by atoms with E-state index in [1.54, 1.807) is 13.0 Å². The van der Waals surface area contributed by atoms with Crippen molar-refractivity contribution < 1.29 is 19.1 Å². The van der Waals surface area contributed by atoms with E-state index >= 15 is 0 Å². The summed E-state index contributed by atoms with van der Waals surface area (Å²) in [7, 11) is 0. The monoisotopic (exact) mass is 349 g/mol. The highest BCUT2D eigenvalue weighted by Crippen LogP contribution is 2.20. The second-order valence-electron chi connectivity index (χ2n) is 5.88. The highest BCUT2D eigenvalue weighted by molar-refractivity contribution is 6.09. The Morgan fingerprint density at radius 2 is 1.73 bits per heavy atom. The van der Waals surface area contributed by atoms with Crippen LogP contribution in [0.25, 0.3) is 16.8 Å². The molecule has 3 aromatic carbocycles. The second kappa shape index (κ2) is 7.19. The number of fused-ring (bicyclic) bond motifs is 1. The molecule has 0 atom stereocenters. The molecular weight excluding hydrogens is 333 g/mol. The van der Waals surface area contributed by atoms with Gasteiger partial charge in [-0.1, -0.05) is 36.4 Å². The van der Waals surface area contributed by atoms with Gasteiger partial charge in [-0.15, -0.1) is 0 Å². The van der Waals surface area contributed by atoms with Gasteiger partial charge < -0.3 is 10.4 Å². The summed E-state index contributed by atoms with van der Waals surface area (Å²) in [6, 6.07) is 16.9. The number of hydrogen-bond acceptors (Lipinski definition) is 2. The van der Waals surface area contributed by atoms with Crippen molar-refractivity contribution in [2.45, 2.75) is 6.92 Å². The molecule has 0 spiro atoms. The molecule has 0 heterocycles. The number of rotatable bonds is 4. The molecule has 4 nitrogen and oxygen atoms in total. The summed E-state index contributed by atoms with van der Waals surface area (Å²) in [6.45, 7) is 1.63. The maximum absolute atomic E-state index is 13.2. The molecule has 1 amide bonds. The van der Waals surface area contributed by atoms with E-state index in [0.717, 1.165) is 28.5 Å². The number of anilines is 1. The minimum Gasteiger partial charge on any atom is -0.478 e. The summed E-state index contributed by atoms with van der Waals surface area (Å²) in [5, 5.41) is 13.8. The molecule has 3 rings (SSSR count). The molecule has 0 aliphatic heterocycles. The molecule has 0 radical (unpaired) electrons. The average molecular weight is 349 g/mol. The number of carboxylic acid groups (broad SMARTS) is 1. The molecule has 0 aliphatic carbocycles. The van der Waals surface area contributed by atoms with Crippen LogP contribution in [0.2, 0.25) is 0 Å². The number of carbonyl (C=O) groups is 2. The summed E-state index contributed by atoms with van der Waals surface area (Å²) in [5.41, 5.74) is 1.02. The lowest BCUT2D eigenvalue weighted by atomic mass is 10.0. The average Bonchev–Trinajstić information content (AvgIpc) is 2.62. The van der Waals surface area contributed by atoms with Crippen LogP contribution in [0.1, 0.15) is 22.8 Å². The molecule has 0 unspecified atom stereocenters. The first-order chi connectivity index (χ1) is 12.4. The molecule has 0 aliphatic rings. The quantitative estimate of drug-likeness (QED) is 0.670. The van der Waals surface area contributed by atoms with E-state index in [4.69, 9.17) is 5.11 Å². The Hall–Kier alpha value is -3.47. The maximum atomic E-state index is 13.2. The molecule has 0 saturated carbocycles.